The van der Waals surface area contributed by atoms with E-state index in [-0.39, 0.29) is 12.0 Å². The molecule has 24 heavy (non-hydrogen) atoms. The lowest BCUT2D eigenvalue weighted by Gasteiger charge is -2.21. The Labute approximate surface area is 150 Å². The molecule has 0 aromatic carbocycles. The first-order chi connectivity index (χ1) is 11.7. The van der Waals surface area contributed by atoms with Gasteiger partial charge in [-0.2, -0.15) is 0 Å². The summed E-state index contributed by atoms with van der Waals surface area (Å²) in [5.74, 6) is -0.0607. The second-order valence-corrected chi connectivity index (χ2v) is 7.30. The van der Waals surface area contributed by atoms with Gasteiger partial charge in [-0.3, -0.25) is 4.79 Å². The summed E-state index contributed by atoms with van der Waals surface area (Å²) in [4.78, 5) is 18.9. The van der Waals surface area contributed by atoms with Gasteiger partial charge in [0.2, 0.25) is 0 Å². The SMILES string of the molecule is O=C(C[NH+](Cc1cccs1)C[C@H]1CCCO1)Nc1cccnc1Cl. The van der Waals surface area contributed by atoms with Crippen LogP contribution in [0.25, 0.3) is 0 Å². The highest BCUT2D eigenvalue weighted by Gasteiger charge is 2.24. The summed E-state index contributed by atoms with van der Waals surface area (Å²) in [6.45, 7) is 2.87. The highest BCUT2D eigenvalue weighted by molar-refractivity contribution is 7.09. The number of amides is 1. The number of pyridine rings is 1. The van der Waals surface area contributed by atoms with Crippen LogP contribution < -0.4 is 10.2 Å². The highest BCUT2D eigenvalue weighted by Crippen LogP contribution is 2.17. The Morgan fingerprint density at radius 2 is 2.38 bits per heavy atom. The number of nitrogens with zero attached hydrogens (tertiary/aromatic N) is 1. The number of aromatic nitrogens is 1. The monoisotopic (exact) mass is 366 g/mol. The molecule has 3 heterocycles. The molecule has 1 aliphatic heterocycles. The van der Waals surface area contributed by atoms with Gasteiger partial charge in [-0.05, 0) is 36.4 Å². The number of carbonyl (C=O) groups excluding carboxylic acids is 1. The maximum Gasteiger partial charge on any atom is 0.279 e. The number of rotatable bonds is 7. The number of hydrogen-bond acceptors (Lipinski definition) is 4. The topological polar surface area (TPSA) is 55.7 Å². The van der Waals surface area contributed by atoms with E-state index in [1.807, 2.05) is 6.07 Å². The molecule has 5 nitrogen and oxygen atoms in total. The molecule has 2 aromatic heterocycles. The summed E-state index contributed by atoms with van der Waals surface area (Å²) in [6.07, 6.45) is 4.03. The van der Waals surface area contributed by atoms with Gasteiger partial charge < -0.3 is 15.0 Å². The molecule has 0 radical (unpaired) electrons. The van der Waals surface area contributed by atoms with Crippen molar-refractivity contribution in [1.29, 1.82) is 0 Å². The molecule has 0 bridgehead atoms. The number of ether oxygens (including phenoxy) is 1. The van der Waals surface area contributed by atoms with Crippen LogP contribution in [0.2, 0.25) is 5.15 Å². The first-order valence-corrected chi connectivity index (χ1v) is 9.34. The molecule has 1 saturated heterocycles. The second-order valence-electron chi connectivity index (χ2n) is 5.91. The Hall–Kier alpha value is -1.47. The summed E-state index contributed by atoms with van der Waals surface area (Å²) >= 11 is 7.72. The van der Waals surface area contributed by atoms with Gasteiger partial charge in [0.05, 0.1) is 10.6 Å². The van der Waals surface area contributed by atoms with Crippen LogP contribution in [0, 0.1) is 0 Å². The fourth-order valence-corrected chi connectivity index (χ4v) is 3.84. The number of carbonyl (C=O) groups is 1. The fourth-order valence-electron chi connectivity index (χ4n) is 2.89. The van der Waals surface area contributed by atoms with Gasteiger partial charge in [0.1, 0.15) is 19.2 Å². The van der Waals surface area contributed by atoms with Gasteiger partial charge in [-0.15, -0.1) is 11.3 Å². The molecule has 2 aromatic rings. The molecule has 0 saturated carbocycles. The van der Waals surface area contributed by atoms with E-state index in [0.29, 0.717) is 17.4 Å². The summed E-state index contributed by atoms with van der Waals surface area (Å²) in [7, 11) is 0. The zero-order valence-corrected chi connectivity index (χ0v) is 14.9. The Balaban J connectivity index is 1.61. The molecular formula is C17H21ClN3O2S+. The Bertz CT molecular complexity index is 660. The van der Waals surface area contributed by atoms with Crippen LogP contribution in [-0.4, -0.2) is 36.7 Å². The average Bonchev–Trinajstić information content (AvgIpc) is 3.23. The zero-order chi connectivity index (χ0) is 16.8. The van der Waals surface area contributed by atoms with Crippen LogP contribution >= 0.6 is 22.9 Å². The van der Waals surface area contributed by atoms with E-state index >= 15 is 0 Å². The minimum Gasteiger partial charge on any atom is -0.372 e. The van der Waals surface area contributed by atoms with Crippen molar-refractivity contribution in [2.24, 2.45) is 0 Å². The molecule has 2 N–H and O–H groups in total. The lowest BCUT2D eigenvalue weighted by Crippen LogP contribution is -3.12. The molecule has 3 rings (SSSR count). The van der Waals surface area contributed by atoms with Crippen molar-refractivity contribution >= 4 is 34.5 Å². The molecule has 1 aliphatic rings. The molecule has 0 aliphatic carbocycles. The number of nitrogens with one attached hydrogen (secondary N) is 2. The molecule has 1 unspecified atom stereocenters. The number of hydrogen-bond donors (Lipinski definition) is 2. The normalized spacial score (nSPS) is 18.5. The van der Waals surface area contributed by atoms with E-state index in [9.17, 15) is 4.79 Å². The van der Waals surface area contributed by atoms with Crippen molar-refractivity contribution in [3.05, 3.63) is 45.9 Å². The molecule has 1 fully saturated rings. The van der Waals surface area contributed by atoms with E-state index in [0.717, 1.165) is 32.5 Å². The van der Waals surface area contributed by atoms with Gasteiger partial charge in [-0.1, -0.05) is 17.7 Å². The lowest BCUT2D eigenvalue weighted by atomic mass is 10.2. The molecule has 2 atom stereocenters. The van der Waals surface area contributed by atoms with E-state index in [1.54, 1.807) is 29.7 Å². The van der Waals surface area contributed by atoms with Gasteiger partial charge in [0, 0.05) is 12.8 Å². The molecule has 1 amide bonds. The molecule has 7 heteroatoms. The summed E-state index contributed by atoms with van der Waals surface area (Å²) in [5.41, 5.74) is 0.553. The first-order valence-electron chi connectivity index (χ1n) is 8.08. The van der Waals surface area contributed by atoms with E-state index in [2.05, 4.69) is 21.7 Å². The van der Waals surface area contributed by atoms with Gasteiger partial charge >= 0.3 is 0 Å². The van der Waals surface area contributed by atoms with Gasteiger partial charge in [0.15, 0.2) is 11.7 Å². The van der Waals surface area contributed by atoms with Crippen molar-refractivity contribution in [3.63, 3.8) is 0 Å². The largest absolute Gasteiger partial charge is 0.372 e. The summed E-state index contributed by atoms with van der Waals surface area (Å²) in [6, 6.07) is 7.66. The van der Waals surface area contributed by atoms with Crippen LogP contribution in [-0.2, 0) is 16.1 Å². The summed E-state index contributed by atoms with van der Waals surface area (Å²) < 4.78 is 5.74. The number of anilines is 1. The van der Waals surface area contributed by atoms with Crippen LogP contribution in [0.3, 0.4) is 0 Å². The Morgan fingerprint density at radius 3 is 3.08 bits per heavy atom. The van der Waals surface area contributed by atoms with Crippen LogP contribution in [0.4, 0.5) is 5.69 Å². The van der Waals surface area contributed by atoms with Crippen molar-refractivity contribution in [1.82, 2.24) is 4.98 Å². The predicted molar refractivity (Wildman–Crippen MR) is 95.6 cm³/mol. The van der Waals surface area contributed by atoms with Crippen LogP contribution in [0.5, 0.6) is 0 Å². The van der Waals surface area contributed by atoms with Crippen LogP contribution in [0.1, 0.15) is 17.7 Å². The first kappa shape index (κ1) is 17.4. The summed E-state index contributed by atoms with van der Waals surface area (Å²) in [5, 5.41) is 5.23. The minimum atomic E-state index is -0.0607. The maximum atomic E-state index is 12.4. The van der Waals surface area contributed by atoms with Crippen LogP contribution in [0.15, 0.2) is 35.8 Å². The van der Waals surface area contributed by atoms with E-state index in [1.165, 1.54) is 9.78 Å². The predicted octanol–water partition coefficient (Wildman–Crippen LogP) is 2.00. The van der Waals surface area contributed by atoms with Crippen molar-refractivity contribution in [2.45, 2.75) is 25.5 Å². The third-order valence-corrected chi connectivity index (χ3v) is 5.17. The van der Waals surface area contributed by atoms with Crippen molar-refractivity contribution in [3.8, 4) is 0 Å². The van der Waals surface area contributed by atoms with Gasteiger partial charge in [-0.25, -0.2) is 4.98 Å². The third kappa shape index (κ3) is 5.01. The maximum absolute atomic E-state index is 12.4. The highest BCUT2D eigenvalue weighted by atomic mass is 35.5. The van der Waals surface area contributed by atoms with E-state index in [4.69, 9.17) is 16.3 Å². The number of quaternary nitrogens is 1. The standard InChI is InChI=1S/C17H20ClN3O2S/c18-17-15(6-1-7-19-17)20-16(22)12-21(10-13-4-2-8-23-13)11-14-5-3-9-24-14/h1,3,5-7,9,13H,2,4,8,10-12H2,(H,20,22)/p+1/t13-/m1/s1. The fraction of sp³-hybridized carbons (Fsp3) is 0.412. The van der Waals surface area contributed by atoms with Crippen molar-refractivity contribution < 1.29 is 14.4 Å². The number of halogens is 1. The van der Waals surface area contributed by atoms with Crippen molar-refractivity contribution in [2.75, 3.05) is 25.0 Å². The van der Waals surface area contributed by atoms with E-state index < -0.39 is 0 Å². The quantitative estimate of drug-likeness (QED) is 0.737. The smallest absolute Gasteiger partial charge is 0.279 e. The Kier molecular flexibility index (Phi) is 6.20. The molecule has 128 valence electrons. The molecule has 0 spiro atoms. The molecular weight excluding hydrogens is 346 g/mol. The zero-order valence-electron chi connectivity index (χ0n) is 13.3. The Morgan fingerprint density at radius 1 is 1.46 bits per heavy atom. The second kappa shape index (κ2) is 8.58. The number of thiophene rings is 1. The third-order valence-electron chi connectivity index (χ3n) is 3.99. The minimum absolute atomic E-state index is 0.0607. The van der Waals surface area contributed by atoms with Gasteiger partial charge in [0.25, 0.3) is 5.91 Å². The lowest BCUT2D eigenvalue weighted by molar-refractivity contribution is -0.908. The average molecular weight is 367 g/mol.